The Morgan fingerprint density at radius 2 is 1.96 bits per heavy atom. The number of esters is 1. The highest BCUT2D eigenvalue weighted by Crippen LogP contribution is 2.59. The lowest BCUT2D eigenvalue weighted by atomic mass is 9.70. The molecule has 3 aliphatic rings. The van der Waals surface area contributed by atoms with E-state index >= 15 is 0 Å². The molecule has 0 saturated carbocycles. The van der Waals surface area contributed by atoms with E-state index in [1.165, 1.54) is 4.90 Å². The van der Waals surface area contributed by atoms with Crippen LogP contribution in [0.1, 0.15) is 46.0 Å². The van der Waals surface area contributed by atoms with Crippen LogP contribution in [0.5, 0.6) is 0 Å². The molecule has 10 nitrogen and oxygen atoms in total. The molecule has 2 aromatic rings. The number of ether oxygens (including phenoxy) is 2. The quantitative estimate of drug-likeness (QED) is 0.246. The fourth-order valence-corrected chi connectivity index (χ4v) is 7.29. The number of benzene rings is 2. The van der Waals surface area contributed by atoms with Gasteiger partial charge in [-0.2, -0.15) is 0 Å². The van der Waals surface area contributed by atoms with Gasteiger partial charge in [0.25, 0.3) is 5.91 Å². The Kier molecular flexibility index (Phi) is 9.74. The van der Waals surface area contributed by atoms with Crippen molar-refractivity contribution in [2.24, 2.45) is 11.8 Å². The summed E-state index contributed by atoms with van der Waals surface area (Å²) in [6.45, 7) is 11.0. The lowest BCUT2D eigenvalue weighted by Crippen LogP contribution is -2.59. The van der Waals surface area contributed by atoms with E-state index in [9.17, 15) is 24.3 Å². The lowest BCUT2D eigenvalue weighted by molar-refractivity contribution is -0.159. The molecular weight excluding hydrogens is 574 g/mol. The zero-order valence-electron chi connectivity index (χ0n) is 26.0. The van der Waals surface area contributed by atoms with Gasteiger partial charge in [-0.05, 0) is 55.5 Å². The Balaban J connectivity index is 1.45. The van der Waals surface area contributed by atoms with Crippen molar-refractivity contribution >= 4 is 40.2 Å². The molecule has 10 heteroatoms. The number of aliphatic hydroxyl groups excluding tert-OH is 1. The van der Waals surface area contributed by atoms with Crippen LogP contribution in [0.4, 0.5) is 5.69 Å². The highest BCUT2D eigenvalue weighted by atomic mass is 16.6. The van der Waals surface area contributed by atoms with Crippen LogP contribution in [0, 0.1) is 11.8 Å². The van der Waals surface area contributed by atoms with Gasteiger partial charge >= 0.3 is 5.97 Å². The zero-order valence-corrected chi connectivity index (χ0v) is 26.0. The molecule has 0 unspecified atom stereocenters. The minimum Gasteiger partial charge on any atom is -0.460 e. The van der Waals surface area contributed by atoms with Crippen molar-refractivity contribution in [3.8, 4) is 0 Å². The maximum atomic E-state index is 14.7. The molecule has 5 rings (SSSR count). The fraction of sp³-hybridized carbons (Fsp3) is 0.486. The number of carbonyl (C=O) groups is 4. The summed E-state index contributed by atoms with van der Waals surface area (Å²) in [5, 5.41) is 15.1. The summed E-state index contributed by atoms with van der Waals surface area (Å²) < 4.78 is 12.3. The summed E-state index contributed by atoms with van der Waals surface area (Å²) in [6.07, 6.45) is 4.22. The molecule has 2 N–H and O–H groups in total. The van der Waals surface area contributed by atoms with Crippen LogP contribution in [-0.2, 0) is 28.7 Å². The molecule has 0 aromatic heterocycles. The number of likely N-dealkylation sites (tertiary alicyclic amines) is 1. The fourth-order valence-electron chi connectivity index (χ4n) is 7.29. The Hall–Kier alpha value is -4.02. The lowest BCUT2D eigenvalue weighted by Gasteiger charge is -2.39. The van der Waals surface area contributed by atoms with Gasteiger partial charge in [0.2, 0.25) is 11.8 Å². The number of amides is 3. The number of aliphatic hydroxyl groups is 1. The third kappa shape index (κ3) is 5.89. The maximum absolute atomic E-state index is 14.7. The highest BCUT2D eigenvalue weighted by molar-refractivity contribution is 6.05. The summed E-state index contributed by atoms with van der Waals surface area (Å²) in [4.78, 5) is 57.8. The normalized spacial score (nSPS) is 26.3. The number of hydrogen-bond donors (Lipinski definition) is 2. The molecule has 3 amide bonds. The zero-order chi connectivity index (χ0) is 32.3. The molecule has 1 spiro atoms. The van der Waals surface area contributed by atoms with E-state index in [2.05, 4.69) is 18.5 Å². The third-order valence-corrected chi connectivity index (χ3v) is 9.42. The van der Waals surface area contributed by atoms with Gasteiger partial charge in [-0.3, -0.25) is 19.2 Å². The van der Waals surface area contributed by atoms with Crippen LogP contribution >= 0.6 is 0 Å². The second-order valence-electron chi connectivity index (χ2n) is 12.2. The minimum absolute atomic E-state index is 0.127. The van der Waals surface area contributed by atoms with Gasteiger partial charge in [0, 0.05) is 18.7 Å². The Morgan fingerprint density at radius 1 is 1.20 bits per heavy atom. The second kappa shape index (κ2) is 13.5. The van der Waals surface area contributed by atoms with Crippen molar-refractivity contribution in [3.05, 3.63) is 67.8 Å². The molecular formula is C35H43N3O7. The highest BCUT2D eigenvalue weighted by Gasteiger charge is 2.75. The van der Waals surface area contributed by atoms with Gasteiger partial charge < -0.3 is 29.7 Å². The molecule has 0 aliphatic carbocycles. The minimum atomic E-state index is -1.25. The molecule has 3 aliphatic heterocycles. The molecule has 3 saturated heterocycles. The number of rotatable bonds is 14. The van der Waals surface area contributed by atoms with E-state index in [4.69, 9.17) is 9.47 Å². The van der Waals surface area contributed by atoms with Crippen molar-refractivity contribution in [2.45, 2.75) is 75.8 Å². The number of allylic oxidation sites excluding steroid dienone is 1. The first kappa shape index (κ1) is 32.4. The van der Waals surface area contributed by atoms with E-state index in [0.29, 0.717) is 37.8 Å². The van der Waals surface area contributed by atoms with Crippen molar-refractivity contribution < 1.29 is 33.8 Å². The SMILES string of the molecule is C=CCCC(=O)NC[C@@H](C)OC(=O)[C@@H]1[C@H]2C(=O)N([C@@H](CC)CO)[C@H](C(=O)N(CC=C)c3ccc4ccccc4c3)[C@]23CC[C@H]1O3. The molecule has 2 aromatic carbocycles. The van der Waals surface area contributed by atoms with Gasteiger partial charge in [0.15, 0.2) is 0 Å². The van der Waals surface area contributed by atoms with E-state index in [-0.39, 0.29) is 37.4 Å². The molecule has 2 bridgehead atoms. The van der Waals surface area contributed by atoms with Crippen molar-refractivity contribution in [1.29, 1.82) is 0 Å². The first-order valence-electron chi connectivity index (χ1n) is 15.8. The average Bonchev–Trinajstić information content (AvgIpc) is 3.69. The molecule has 240 valence electrons. The summed E-state index contributed by atoms with van der Waals surface area (Å²) >= 11 is 0. The largest absolute Gasteiger partial charge is 0.460 e. The third-order valence-electron chi connectivity index (χ3n) is 9.42. The Labute approximate surface area is 264 Å². The van der Waals surface area contributed by atoms with Gasteiger partial charge in [-0.1, -0.05) is 49.4 Å². The summed E-state index contributed by atoms with van der Waals surface area (Å²) in [7, 11) is 0. The first-order valence-corrected chi connectivity index (χ1v) is 15.8. The Bertz CT molecular complexity index is 1470. The summed E-state index contributed by atoms with van der Waals surface area (Å²) in [5.74, 6) is -3.34. The van der Waals surface area contributed by atoms with Crippen molar-refractivity contribution in [1.82, 2.24) is 10.2 Å². The van der Waals surface area contributed by atoms with Crippen LogP contribution in [-0.4, -0.2) is 83.3 Å². The van der Waals surface area contributed by atoms with E-state index in [0.717, 1.165) is 10.8 Å². The number of hydrogen-bond acceptors (Lipinski definition) is 7. The number of anilines is 1. The molecule has 45 heavy (non-hydrogen) atoms. The van der Waals surface area contributed by atoms with Crippen molar-refractivity contribution in [2.75, 3.05) is 24.6 Å². The van der Waals surface area contributed by atoms with Crippen LogP contribution in [0.15, 0.2) is 67.8 Å². The van der Waals surface area contributed by atoms with Crippen LogP contribution < -0.4 is 10.2 Å². The topological polar surface area (TPSA) is 125 Å². The summed E-state index contributed by atoms with van der Waals surface area (Å²) in [6, 6.07) is 11.9. The van der Waals surface area contributed by atoms with E-state index < -0.39 is 47.7 Å². The maximum Gasteiger partial charge on any atom is 0.312 e. The van der Waals surface area contributed by atoms with Crippen LogP contribution in [0.3, 0.4) is 0 Å². The monoisotopic (exact) mass is 617 g/mol. The standard InChI is InChI=1S/C35H43N3O7/c1-5-8-13-28(40)36-20-22(4)44-34(43)29-27-16-17-35(45-27)30(29)32(41)38(25(7-3)21-39)31(35)33(42)37(18-6-2)26-15-14-23-11-9-10-12-24(23)19-26/h5-6,9-12,14-15,19,22,25,27,29-31,39H,1-2,7-8,13,16-18,20-21H2,3-4H3,(H,36,40)/t22-,25+,27-,29+,30+,31-,35+/m1/s1. The predicted octanol–water partition coefficient (Wildman–Crippen LogP) is 3.52. The summed E-state index contributed by atoms with van der Waals surface area (Å²) in [5.41, 5.74) is -0.598. The smallest absolute Gasteiger partial charge is 0.312 e. The number of fused-ring (bicyclic) bond motifs is 2. The molecule has 0 radical (unpaired) electrons. The van der Waals surface area contributed by atoms with E-state index in [1.54, 1.807) is 24.0 Å². The van der Waals surface area contributed by atoms with Gasteiger partial charge in [0.05, 0.1) is 37.1 Å². The number of nitrogens with one attached hydrogen (secondary N) is 1. The molecule has 3 heterocycles. The van der Waals surface area contributed by atoms with Gasteiger partial charge in [-0.15, -0.1) is 13.2 Å². The van der Waals surface area contributed by atoms with Crippen LogP contribution in [0.25, 0.3) is 10.8 Å². The predicted molar refractivity (Wildman–Crippen MR) is 170 cm³/mol. The molecule has 7 atom stereocenters. The average molecular weight is 618 g/mol. The molecule has 3 fully saturated rings. The van der Waals surface area contributed by atoms with Crippen LogP contribution in [0.2, 0.25) is 0 Å². The number of nitrogens with zero attached hydrogens (tertiary/aromatic N) is 2. The number of carbonyl (C=O) groups excluding carboxylic acids is 4. The van der Waals surface area contributed by atoms with Gasteiger partial charge in [-0.25, -0.2) is 0 Å². The van der Waals surface area contributed by atoms with E-state index in [1.807, 2.05) is 49.4 Å². The Morgan fingerprint density at radius 3 is 2.64 bits per heavy atom. The first-order chi connectivity index (χ1) is 21.7. The van der Waals surface area contributed by atoms with Gasteiger partial charge in [0.1, 0.15) is 17.7 Å². The van der Waals surface area contributed by atoms with Crippen molar-refractivity contribution in [3.63, 3.8) is 0 Å². The second-order valence-corrected chi connectivity index (χ2v) is 12.2.